The lowest BCUT2D eigenvalue weighted by atomic mass is 9.73. The lowest BCUT2D eigenvalue weighted by Gasteiger charge is -2.36. The molecule has 1 atom stereocenters. The first kappa shape index (κ1) is 22.8. The number of hydrogen-bond donors (Lipinski definition) is 1. The second kappa shape index (κ2) is 10.5. The third-order valence-electron chi connectivity index (χ3n) is 7.05. The summed E-state index contributed by atoms with van der Waals surface area (Å²) < 4.78 is 11.5. The van der Waals surface area contributed by atoms with Gasteiger partial charge in [-0.3, -0.25) is 9.69 Å². The number of nitrogens with zero attached hydrogens (tertiary/aromatic N) is 1. The molecule has 4 rings (SSSR count). The number of carbonyl (C=O) groups is 1. The van der Waals surface area contributed by atoms with Crippen LogP contribution in [0.15, 0.2) is 48.5 Å². The maximum atomic E-state index is 13.5. The minimum atomic E-state index is -0.551. The first-order valence-electron chi connectivity index (χ1n) is 12.0. The normalized spacial score (nSPS) is 21.1. The Balaban J connectivity index is 1.37. The average Bonchev–Trinajstić information content (AvgIpc) is 2.82. The summed E-state index contributed by atoms with van der Waals surface area (Å²) in [5, 5.41) is 3.15. The molecule has 5 nitrogen and oxygen atoms in total. The van der Waals surface area contributed by atoms with Crippen LogP contribution in [0.2, 0.25) is 0 Å². The summed E-state index contributed by atoms with van der Waals surface area (Å²) in [6, 6.07) is 16.7. The second-order valence-electron chi connectivity index (χ2n) is 9.27. The van der Waals surface area contributed by atoms with Crippen LogP contribution >= 0.6 is 0 Å². The van der Waals surface area contributed by atoms with Crippen LogP contribution in [0, 0.1) is 6.92 Å². The Morgan fingerprint density at radius 1 is 1.16 bits per heavy atom. The Kier molecular flexibility index (Phi) is 7.48. The second-order valence-corrected chi connectivity index (χ2v) is 9.27. The largest absolute Gasteiger partial charge is 0.492 e. The summed E-state index contributed by atoms with van der Waals surface area (Å²) >= 11 is 0. The van der Waals surface area contributed by atoms with Crippen LogP contribution in [0.3, 0.4) is 0 Å². The van der Waals surface area contributed by atoms with Crippen LogP contribution in [0.1, 0.15) is 50.2 Å². The van der Waals surface area contributed by atoms with E-state index in [1.54, 1.807) is 0 Å². The summed E-state index contributed by atoms with van der Waals surface area (Å²) in [5.41, 5.74) is 2.49. The van der Waals surface area contributed by atoms with Crippen molar-refractivity contribution in [2.75, 3.05) is 38.2 Å². The van der Waals surface area contributed by atoms with E-state index in [1.165, 1.54) is 31.4 Å². The van der Waals surface area contributed by atoms with Crippen LogP contribution in [0.4, 0.5) is 5.69 Å². The van der Waals surface area contributed by atoms with Gasteiger partial charge in [0.2, 0.25) is 5.91 Å². The van der Waals surface area contributed by atoms with Gasteiger partial charge in [0.1, 0.15) is 12.4 Å². The van der Waals surface area contributed by atoms with Gasteiger partial charge in [0.15, 0.2) is 0 Å². The molecule has 2 heterocycles. The molecule has 2 aliphatic heterocycles. The fourth-order valence-electron chi connectivity index (χ4n) is 4.97. The Labute approximate surface area is 192 Å². The highest BCUT2D eigenvalue weighted by Crippen LogP contribution is 2.36. The number of carbonyl (C=O) groups excluding carboxylic acids is 1. The molecule has 2 fully saturated rings. The van der Waals surface area contributed by atoms with E-state index in [0.717, 1.165) is 23.5 Å². The lowest BCUT2D eigenvalue weighted by molar-refractivity contribution is -0.125. The Morgan fingerprint density at radius 3 is 2.66 bits per heavy atom. The number of rotatable bonds is 7. The summed E-state index contributed by atoms with van der Waals surface area (Å²) in [5.74, 6) is 0.881. The molecule has 2 aromatic carbocycles. The number of anilines is 1. The highest BCUT2D eigenvalue weighted by molar-refractivity contribution is 5.99. The van der Waals surface area contributed by atoms with E-state index >= 15 is 0 Å². The topological polar surface area (TPSA) is 50.8 Å². The maximum Gasteiger partial charge on any atom is 0.235 e. The molecule has 0 aromatic heterocycles. The van der Waals surface area contributed by atoms with E-state index < -0.39 is 5.41 Å². The third-order valence-corrected chi connectivity index (χ3v) is 7.05. The smallest absolute Gasteiger partial charge is 0.235 e. The van der Waals surface area contributed by atoms with Gasteiger partial charge in [-0.25, -0.2) is 0 Å². The number of aryl methyl sites for hydroxylation is 1. The summed E-state index contributed by atoms with van der Waals surface area (Å²) in [4.78, 5) is 16.0. The van der Waals surface area contributed by atoms with Crippen LogP contribution in [-0.2, 0) is 14.9 Å². The Bertz CT molecular complexity index is 890. The number of benzene rings is 2. The molecule has 0 radical (unpaired) electrons. The number of ether oxygens (including phenoxy) is 2. The molecule has 2 aliphatic rings. The molecule has 0 bridgehead atoms. The molecular weight excluding hydrogens is 400 g/mol. The third kappa shape index (κ3) is 5.33. The zero-order valence-corrected chi connectivity index (χ0v) is 19.4. The van der Waals surface area contributed by atoms with Crippen molar-refractivity contribution < 1.29 is 14.3 Å². The van der Waals surface area contributed by atoms with Gasteiger partial charge in [-0.05, 0) is 75.9 Å². The molecule has 0 saturated carbocycles. The number of likely N-dealkylation sites (tertiary alicyclic amines) is 1. The van der Waals surface area contributed by atoms with Gasteiger partial charge in [-0.1, -0.05) is 36.2 Å². The van der Waals surface area contributed by atoms with E-state index in [4.69, 9.17) is 9.47 Å². The maximum absolute atomic E-state index is 13.5. The van der Waals surface area contributed by atoms with Crippen molar-refractivity contribution in [3.8, 4) is 5.75 Å². The number of amides is 1. The van der Waals surface area contributed by atoms with E-state index in [2.05, 4.69) is 42.3 Å². The fourth-order valence-corrected chi connectivity index (χ4v) is 4.97. The lowest BCUT2D eigenvalue weighted by Crippen LogP contribution is -2.44. The van der Waals surface area contributed by atoms with Crippen molar-refractivity contribution in [2.24, 2.45) is 0 Å². The van der Waals surface area contributed by atoms with Crippen molar-refractivity contribution in [1.29, 1.82) is 0 Å². The van der Waals surface area contributed by atoms with Crippen molar-refractivity contribution in [3.63, 3.8) is 0 Å². The van der Waals surface area contributed by atoms with Gasteiger partial charge >= 0.3 is 0 Å². The molecule has 0 aliphatic carbocycles. The number of hydrogen-bond acceptors (Lipinski definition) is 4. The molecule has 1 amide bonds. The number of piperidine rings is 1. The molecule has 2 saturated heterocycles. The van der Waals surface area contributed by atoms with E-state index in [9.17, 15) is 4.79 Å². The standard InChI is InChI=1S/C27H36N2O3/c1-21-6-5-8-23(20-21)27(13-17-31-18-14-27)26(30)28-24-9-11-25(12-10-24)32-19-16-29-15-4-3-7-22(29)2/h5-6,8-12,20,22H,3-4,7,13-19H2,1-2H3,(H,28,30)/t22-/m0/s1. The van der Waals surface area contributed by atoms with Gasteiger partial charge in [-0.15, -0.1) is 0 Å². The van der Waals surface area contributed by atoms with Crippen LogP contribution < -0.4 is 10.1 Å². The van der Waals surface area contributed by atoms with Crippen LogP contribution in [-0.4, -0.2) is 49.8 Å². The van der Waals surface area contributed by atoms with Crippen LogP contribution in [0.25, 0.3) is 0 Å². The Hall–Kier alpha value is -2.37. The van der Waals surface area contributed by atoms with Gasteiger partial charge in [0, 0.05) is 31.5 Å². The summed E-state index contributed by atoms with van der Waals surface area (Å²) in [6.07, 6.45) is 5.29. The average molecular weight is 437 g/mol. The van der Waals surface area contributed by atoms with Gasteiger partial charge in [0.25, 0.3) is 0 Å². The summed E-state index contributed by atoms with van der Waals surface area (Å²) in [7, 11) is 0. The van der Waals surface area contributed by atoms with Crippen molar-refractivity contribution in [2.45, 2.75) is 57.4 Å². The zero-order valence-electron chi connectivity index (χ0n) is 19.4. The van der Waals surface area contributed by atoms with Crippen LogP contribution in [0.5, 0.6) is 5.75 Å². The SMILES string of the molecule is Cc1cccc(C2(C(=O)Nc3ccc(OCCN4CCCC[C@@H]4C)cc3)CCOCC2)c1. The van der Waals surface area contributed by atoms with E-state index in [1.807, 2.05) is 30.3 Å². The van der Waals surface area contributed by atoms with Crippen molar-refractivity contribution in [3.05, 3.63) is 59.7 Å². The molecule has 1 N–H and O–H groups in total. The highest BCUT2D eigenvalue weighted by atomic mass is 16.5. The minimum absolute atomic E-state index is 0.0409. The molecule has 32 heavy (non-hydrogen) atoms. The van der Waals surface area contributed by atoms with E-state index in [-0.39, 0.29) is 5.91 Å². The first-order chi connectivity index (χ1) is 15.6. The molecule has 0 spiro atoms. The first-order valence-corrected chi connectivity index (χ1v) is 12.0. The molecular formula is C27H36N2O3. The number of nitrogens with one attached hydrogen (secondary N) is 1. The quantitative estimate of drug-likeness (QED) is 0.668. The Morgan fingerprint density at radius 2 is 1.94 bits per heavy atom. The predicted octanol–water partition coefficient (Wildman–Crippen LogP) is 4.94. The van der Waals surface area contributed by atoms with Gasteiger partial charge in [-0.2, -0.15) is 0 Å². The minimum Gasteiger partial charge on any atom is -0.492 e. The molecule has 5 heteroatoms. The zero-order chi connectivity index (χ0) is 22.4. The molecule has 2 aromatic rings. The predicted molar refractivity (Wildman–Crippen MR) is 128 cm³/mol. The molecule has 0 unspecified atom stereocenters. The van der Waals surface area contributed by atoms with Crippen molar-refractivity contribution in [1.82, 2.24) is 4.90 Å². The molecule has 172 valence electrons. The van der Waals surface area contributed by atoms with Gasteiger partial charge in [0.05, 0.1) is 5.41 Å². The van der Waals surface area contributed by atoms with Crippen molar-refractivity contribution >= 4 is 11.6 Å². The van der Waals surface area contributed by atoms with Gasteiger partial charge < -0.3 is 14.8 Å². The highest BCUT2D eigenvalue weighted by Gasteiger charge is 2.41. The monoisotopic (exact) mass is 436 g/mol. The van der Waals surface area contributed by atoms with E-state index in [0.29, 0.717) is 38.7 Å². The fraction of sp³-hybridized carbons (Fsp3) is 0.519. The summed E-state index contributed by atoms with van der Waals surface area (Å²) in [6.45, 7) is 8.39.